The monoisotopic (exact) mass is 334 g/mol. The number of carbonyl (C=O) groups is 2. The van der Waals surface area contributed by atoms with Crippen LogP contribution >= 0.6 is 11.3 Å². The smallest absolute Gasteiger partial charge is 0.262 e. The number of rotatable bonds is 5. The molecule has 3 heterocycles. The molecule has 2 amide bonds. The first-order valence-corrected chi connectivity index (χ1v) is 8.50. The Morgan fingerprint density at radius 3 is 2.87 bits per heavy atom. The number of hydrogen-bond donors (Lipinski definition) is 1. The van der Waals surface area contributed by atoms with Crippen LogP contribution in [0.4, 0.5) is 0 Å². The van der Waals surface area contributed by atoms with Gasteiger partial charge in [0.05, 0.1) is 18.3 Å². The highest BCUT2D eigenvalue weighted by atomic mass is 32.1. The summed E-state index contributed by atoms with van der Waals surface area (Å²) in [6, 6.07) is 1.74. The number of fused-ring (bicyclic) bond motifs is 1. The van der Waals surface area contributed by atoms with E-state index in [4.69, 9.17) is 0 Å². The molecule has 2 aromatic rings. The molecule has 0 saturated carbocycles. The van der Waals surface area contributed by atoms with Crippen LogP contribution in [-0.2, 0) is 16.1 Å². The Hall–Kier alpha value is -2.22. The van der Waals surface area contributed by atoms with E-state index in [1.54, 1.807) is 11.0 Å². The fourth-order valence-electron chi connectivity index (χ4n) is 2.62. The average Bonchev–Trinajstić information content (AvgIpc) is 3.23. The van der Waals surface area contributed by atoms with Crippen molar-refractivity contribution >= 4 is 33.4 Å². The number of nitrogens with zero attached hydrogens (tertiary/aromatic N) is 3. The SMILES string of the molecule is O=C(CCn1cnc2sccc2c1=O)NCC(=O)N1CCCC1. The van der Waals surface area contributed by atoms with Gasteiger partial charge in [-0.05, 0) is 24.3 Å². The van der Waals surface area contributed by atoms with Gasteiger partial charge in [-0.1, -0.05) is 0 Å². The van der Waals surface area contributed by atoms with Gasteiger partial charge in [-0.3, -0.25) is 19.0 Å². The summed E-state index contributed by atoms with van der Waals surface area (Å²) in [5.74, 6) is -0.288. The molecule has 0 aromatic carbocycles. The Bertz CT molecular complexity index is 776. The largest absolute Gasteiger partial charge is 0.347 e. The van der Waals surface area contributed by atoms with Gasteiger partial charge in [-0.25, -0.2) is 4.98 Å². The maximum absolute atomic E-state index is 12.2. The van der Waals surface area contributed by atoms with Gasteiger partial charge in [0.2, 0.25) is 11.8 Å². The molecular weight excluding hydrogens is 316 g/mol. The van der Waals surface area contributed by atoms with Gasteiger partial charge in [0.1, 0.15) is 4.83 Å². The van der Waals surface area contributed by atoms with Gasteiger partial charge in [-0.15, -0.1) is 11.3 Å². The third-order valence-electron chi connectivity index (χ3n) is 3.93. The van der Waals surface area contributed by atoms with E-state index in [1.165, 1.54) is 22.2 Å². The Labute approximate surface area is 136 Å². The van der Waals surface area contributed by atoms with Crippen LogP contribution in [0.1, 0.15) is 19.3 Å². The van der Waals surface area contributed by atoms with Crippen LogP contribution in [-0.4, -0.2) is 45.9 Å². The molecule has 1 fully saturated rings. The molecule has 0 spiro atoms. The van der Waals surface area contributed by atoms with E-state index in [2.05, 4.69) is 10.3 Å². The fourth-order valence-corrected chi connectivity index (χ4v) is 3.34. The molecule has 0 atom stereocenters. The predicted molar refractivity (Wildman–Crippen MR) is 87.3 cm³/mol. The number of thiophene rings is 1. The molecule has 0 bridgehead atoms. The molecule has 1 aliphatic rings. The van der Waals surface area contributed by atoms with Crippen molar-refractivity contribution < 1.29 is 9.59 Å². The second-order valence-corrected chi connectivity index (χ2v) is 6.39. The van der Waals surface area contributed by atoms with Gasteiger partial charge >= 0.3 is 0 Å². The van der Waals surface area contributed by atoms with Crippen molar-refractivity contribution in [1.82, 2.24) is 19.8 Å². The van der Waals surface area contributed by atoms with E-state index in [0.717, 1.165) is 25.9 Å². The Kier molecular flexibility index (Phi) is 4.71. The molecule has 1 aliphatic heterocycles. The topological polar surface area (TPSA) is 84.3 Å². The lowest BCUT2D eigenvalue weighted by molar-refractivity contribution is -0.132. The number of carbonyl (C=O) groups excluding carboxylic acids is 2. The van der Waals surface area contributed by atoms with E-state index in [0.29, 0.717) is 10.2 Å². The van der Waals surface area contributed by atoms with Crippen LogP contribution in [0.5, 0.6) is 0 Å². The van der Waals surface area contributed by atoms with Gasteiger partial charge in [0.15, 0.2) is 0 Å². The predicted octanol–water partition coefficient (Wildman–Crippen LogP) is 0.587. The molecule has 0 radical (unpaired) electrons. The first-order chi connectivity index (χ1) is 11.1. The highest BCUT2D eigenvalue weighted by Gasteiger charge is 2.18. The summed E-state index contributed by atoms with van der Waals surface area (Å²) in [6.07, 6.45) is 3.66. The van der Waals surface area contributed by atoms with Crippen LogP contribution in [0.2, 0.25) is 0 Å². The zero-order valence-corrected chi connectivity index (χ0v) is 13.5. The lowest BCUT2D eigenvalue weighted by Crippen LogP contribution is -2.39. The van der Waals surface area contributed by atoms with Gasteiger partial charge < -0.3 is 10.2 Å². The van der Waals surface area contributed by atoms with Crippen molar-refractivity contribution in [2.45, 2.75) is 25.8 Å². The molecule has 122 valence electrons. The number of likely N-dealkylation sites (tertiary alicyclic amines) is 1. The summed E-state index contributed by atoms with van der Waals surface area (Å²) >= 11 is 1.41. The Morgan fingerprint density at radius 1 is 1.30 bits per heavy atom. The molecule has 3 rings (SSSR count). The molecule has 23 heavy (non-hydrogen) atoms. The molecule has 1 N–H and O–H groups in total. The highest BCUT2D eigenvalue weighted by molar-refractivity contribution is 7.16. The van der Waals surface area contributed by atoms with Crippen molar-refractivity contribution in [3.05, 3.63) is 28.1 Å². The van der Waals surface area contributed by atoms with Crippen LogP contribution in [0.15, 0.2) is 22.6 Å². The highest BCUT2D eigenvalue weighted by Crippen LogP contribution is 2.13. The Balaban J connectivity index is 1.51. The standard InChI is InChI=1S/C15H18N4O3S/c20-12(16-9-13(21)18-5-1-2-6-18)3-7-19-10-17-14-11(15(19)22)4-8-23-14/h4,8,10H,1-3,5-7,9H2,(H,16,20). The number of amides is 2. The maximum atomic E-state index is 12.2. The number of aryl methyl sites for hydroxylation is 1. The molecular formula is C15H18N4O3S. The van der Waals surface area contributed by atoms with Crippen molar-refractivity contribution in [1.29, 1.82) is 0 Å². The molecule has 0 aliphatic carbocycles. The fraction of sp³-hybridized carbons (Fsp3) is 0.467. The zero-order chi connectivity index (χ0) is 16.2. The van der Waals surface area contributed by atoms with Crippen molar-refractivity contribution in [2.75, 3.05) is 19.6 Å². The lowest BCUT2D eigenvalue weighted by atomic mass is 10.3. The average molecular weight is 334 g/mol. The molecule has 0 unspecified atom stereocenters. The number of hydrogen-bond acceptors (Lipinski definition) is 5. The summed E-state index contributed by atoms with van der Waals surface area (Å²) in [7, 11) is 0. The molecule has 1 saturated heterocycles. The quantitative estimate of drug-likeness (QED) is 0.867. The first-order valence-electron chi connectivity index (χ1n) is 7.62. The summed E-state index contributed by atoms with van der Waals surface area (Å²) < 4.78 is 1.43. The molecule has 8 heteroatoms. The second kappa shape index (κ2) is 6.91. The zero-order valence-electron chi connectivity index (χ0n) is 12.7. The minimum Gasteiger partial charge on any atom is -0.347 e. The van der Waals surface area contributed by atoms with Gasteiger partial charge in [0.25, 0.3) is 5.56 Å². The summed E-state index contributed by atoms with van der Waals surface area (Å²) in [4.78, 5) is 42.5. The van der Waals surface area contributed by atoms with Crippen LogP contribution in [0, 0.1) is 0 Å². The molecule has 7 nitrogen and oxygen atoms in total. The third-order valence-corrected chi connectivity index (χ3v) is 4.75. The summed E-state index contributed by atoms with van der Waals surface area (Å²) in [6.45, 7) is 1.82. The Morgan fingerprint density at radius 2 is 2.09 bits per heavy atom. The van der Waals surface area contributed by atoms with E-state index in [-0.39, 0.29) is 36.9 Å². The van der Waals surface area contributed by atoms with E-state index >= 15 is 0 Å². The second-order valence-electron chi connectivity index (χ2n) is 5.50. The summed E-state index contributed by atoms with van der Waals surface area (Å²) in [5, 5.41) is 5.01. The minimum absolute atomic E-state index is 0.0234. The van der Waals surface area contributed by atoms with E-state index < -0.39 is 0 Å². The normalized spacial score (nSPS) is 14.3. The lowest BCUT2D eigenvalue weighted by Gasteiger charge is -2.15. The van der Waals surface area contributed by atoms with E-state index in [1.807, 2.05) is 5.38 Å². The number of aromatic nitrogens is 2. The van der Waals surface area contributed by atoms with Crippen LogP contribution < -0.4 is 10.9 Å². The van der Waals surface area contributed by atoms with Crippen molar-refractivity contribution in [2.24, 2.45) is 0 Å². The number of nitrogens with one attached hydrogen (secondary N) is 1. The van der Waals surface area contributed by atoms with Crippen molar-refractivity contribution in [3.63, 3.8) is 0 Å². The summed E-state index contributed by atoms with van der Waals surface area (Å²) in [5.41, 5.74) is -0.141. The first kappa shape index (κ1) is 15.7. The van der Waals surface area contributed by atoms with Gasteiger partial charge in [-0.2, -0.15) is 0 Å². The minimum atomic E-state index is -0.241. The van der Waals surface area contributed by atoms with Gasteiger partial charge in [0, 0.05) is 26.1 Å². The third kappa shape index (κ3) is 3.58. The molecule has 2 aromatic heterocycles. The van der Waals surface area contributed by atoms with E-state index in [9.17, 15) is 14.4 Å². The van der Waals surface area contributed by atoms with Crippen molar-refractivity contribution in [3.8, 4) is 0 Å². The van der Waals surface area contributed by atoms with Crippen LogP contribution in [0.3, 0.4) is 0 Å². The van der Waals surface area contributed by atoms with Crippen LogP contribution in [0.25, 0.3) is 10.2 Å². The maximum Gasteiger partial charge on any atom is 0.262 e.